The molecule has 0 aromatic heterocycles. The van der Waals surface area contributed by atoms with E-state index in [2.05, 4.69) is 0 Å². The Morgan fingerprint density at radius 1 is 1.19 bits per heavy atom. The van der Waals surface area contributed by atoms with Crippen molar-refractivity contribution in [1.29, 1.82) is 0 Å². The predicted molar refractivity (Wildman–Crippen MR) is 68.7 cm³/mol. The Bertz CT molecular complexity index is 660. The van der Waals surface area contributed by atoms with Gasteiger partial charge in [0.2, 0.25) is 5.91 Å². The molecule has 3 rings (SSSR count). The van der Waals surface area contributed by atoms with Crippen LogP contribution in [0, 0.1) is 5.82 Å². The number of benzene rings is 1. The van der Waals surface area contributed by atoms with Crippen molar-refractivity contribution in [2.75, 3.05) is 7.05 Å². The molecule has 1 fully saturated rings. The fraction of sp³-hybridized carbons (Fsp3) is 0.357. The van der Waals surface area contributed by atoms with Crippen LogP contribution in [0.25, 0.3) is 0 Å². The first-order valence-electron chi connectivity index (χ1n) is 6.54. The largest absolute Gasteiger partial charge is 0.374 e. The molecule has 1 saturated heterocycles. The van der Waals surface area contributed by atoms with Crippen LogP contribution >= 0.6 is 0 Å². The third-order valence-corrected chi connectivity index (χ3v) is 3.99. The summed E-state index contributed by atoms with van der Waals surface area (Å²) in [6, 6.07) is 2.82. The zero-order chi connectivity index (χ0) is 15.3. The van der Waals surface area contributed by atoms with Crippen molar-refractivity contribution in [3.05, 3.63) is 35.1 Å². The van der Waals surface area contributed by atoms with Gasteiger partial charge in [-0.1, -0.05) is 6.07 Å². The Hall–Kier alpha value is -2.28. The van der Waals surface area contributed by atoms with Gasteiger partial charge >= 0.3 is 0 Å². The molecule has 6 nitrogen and oxygen atoms in total. The van der Waals surface area contributed by atoms with Crippen molar-refractivity contribution in [3.8, 4) is 0 Å². The molecule has 0 bridgehead atoms. The Balaban J connectivity index is 1.99. The van der Waals surface area contributed by atoms with Crippen LogP contribution in [-0.2, 0) is 4.79 Å². The number of likely N-dealkylation sites (N-methyl/N-ethyl adjacent to an activating group) is 1. The zero-order valence-electron chi connectivity index (χ0n) is 11.2. The fourth-order valence-electron chi connectivity index (χ4n) is 2.79. The number of nitrogens with zero attached hydrogens (tertiary/aromatic N) is 2. The van der Waals surface area contributed by atoms with E-state index < -0.39 is 35.8 Å². The van der Waals surface area contributed by atoms with Gasteiger partial charge in [0.25, 0.3) is 11.8 Å². The molecule has 1 aromatic rings. The number of fused-ring (bicyclic) bond motifs is 1. The van der Waals surface area contributed by atoms with Crippen LogP contribution in [0.2, 0.25) is 0 Å². The summed E-state index contributed by atoms with van der Waals surface area (Å²) in [4.78, 5) is 38.7. The van der Waals surface area contributed by atoms with Gasteiger partial charge in [0.15, 0.2) is 0 Å². The summed E-state index contributed by atoms with van der Waals surface area (Å²) in [7, 11) is 1.40. The average Bonchev–Trinajstić information content (AvgIpc) is 2.71. The number of aliphatic hydroxyl groups is 1. The molecule has 1 N–H and O–H groups in total. The van der Waals surface area contributed by atoms with E-state index in [1.165, 1.54) is 19.2 Å². The third-order valence-electron chi connectivity index (χ3n) is 3.99. The van der Waals surface area contributed by atoms with E-state index in [4.69, 9.17) is 0 Å². The second-order valence-corrected chi connectivity index (χ2v) is 5.17. The van der Waals surface area contributed by atoms with E-state index >= 15 is 0 Å². The maximum atomic E-state index is 13.8. The Morgan fingerprint density at radius 3 is 2.57 bits per heavy atom. The van der Waals surface area contributed by atoms with Crippen molar-refractivity contribution in [2.45, 2.75) is 25.1 Å². The summed E-state index contributed by atoms with van der Waals surface area (Å²) in [5, 5.41) is 9.61. The molecule has 21 heavy (non-hydrogen) atoms. The van der Waals surface area contributed by atoms with Crippen LogP contribution in [0.4, 0.5) is 4.39 Å². The molecule has 2 aliphatic rings. The Labute approximate surface area is 119 Å². The van der Waals surface area contributed by atoms with Gasteiger partial charge in [0.1, 0.15) is 18.1 Å². The lowest BCUT2D eigenvalue weighted by Gasteiger charge is -2.36. The highest BCUT2D eigenvalue weighted by molar-refractivity contribution is 6.23. The number of hydrogen-bond acceptors (Lipinski definition) is 4. The highest BCUT2D eigenvalue weighted by Gasteiger charge is 2.47. The maximum Gasteiger partial charge on any atom is 0.265 e. The van der Waals surface area contributed by atoms with Gasteiger partial charge in [0.05, 0.1) is 11.1 Å². The molecule has 0 radical (unpaired) electrons. The van der Waals surface area contributed by atoms with Crippen LogP contribution < -0.4 is 0 Å². The SMILES string of the molecule is CN1C(=O)C(N2C(=O)c3cccc(F)c3C2=O)CCC1O. The summed E-state index contributed by atoms with van der Waals surface area (Å²) in [5.41, 5.74) is -0.314. The molecule has 2 heterocycles. The molecular formula is C14H13FN2O4. The molecule has 110 valence electrons. The number of likely N-dealkylation sites (tertiary alicyclic amines) is 1. The molecule has 0 aliphatic carbocycles. The molecule has 7 heteroatoms. The zero-order valence-corrected chi connectivity index (χ0v) is 11.2. The molecule has 1 aromatic carbocycles. The minimum absolute atomic E-state index is 0.0263. The normalized spacial score (nSPS) is 25.6. The number of carbonyl (C=O) groups is 3. The molecule has 3 amide bonds. The number of hydrogen-bond donors (Lipinski definition) is 1. The Morgan fingerprint density at radius 2 is 1.90 bits per heavy atom. The van der Waals surface area contributed by atoms with Crippen molar-refractivity contribution in [3.63, 3.8) is 0 Å². The predicted octanol–water partition coefficient (Wildman–Crippen LogP) is 0.361. The summed E-state index contributed by atoms with van der Waals surface area (Å²) < 4.78 is 13.8. The van der Waals surface area contributed by atoms with E-state index in [-0.39, 0.29) is 24.0 Å². The molecular weight excluding hydrogens is 279 g/mol. The number of imide groups is 1. The summed E-state index contributed by atoms with van der Waals surface area (Å²) in [6.45, 7) is 0. The van der Waals surface area contributed by atoms with Crippen LogP contribution in [0.15, 0.2) is 18.2 Å². The molecule has 2 atom stereocenters. The minimum Gasteiger partial charge on any atom is -0.374 e. The first-order valence-corrected chi connectivity index (χ1v) is 6.54. The number of rotatable bonds is 1. The van der Waals surface area contributed by atoms with Gasteiger partial charge in [-0.15, -0.1) is 0 Å². The van der Waals surface area contributed by atoms with Gasteiger partial charge in [-0.2, -0.15) is 0 Å². The lowest BCUT2D eigenvalue weighted by Crippen LogP contribution is -2.56. The molecule has 2 aliphatic heterocycles. The summed E-state index contributed by atoms with van der Waals surface area (Å²) in [6.07, 6.45) is -0.513. The minimum atomic E-state index is -0.995. The van der Waals surface area contributed by atoms with Crippen LogP contribution in [0.3, 0.4) is 0 Å². The number of piperidine rings is 1. The van der Waals surface area contributed by atoms with Gasteiger partial charge in [-0.05, 0) is 25.0 Å². The maximum absolute atomic E-state index is 13.8. The van der Waals surface area contributed by atoms with E-state index in [0.717, 1.165) is 15.9 Å². The van der Waals surface area contributed by atoms with Crippen molar-refractivity contribution >= 4 is 17.7 Å². The van der Waals surface area contributed by atoms with E-state index in [1.54, 1.807) is 0 Å². The third kappa shape index (κ3) is 1.84. The van der Waals surface area contributed by atoms with Crippen LogP contribution in [-0.4, -0.2) is 51.9 Å². The van der Waals surface area contributed by atoms with Gasteiger partial charge < -0.3 is 10.0 Å². The van der Waals surface area contributed by atoms with Crippen molar-refractivity contribution in [1.82, 2.24) is 9.80 Å². The van der Waals surface area contributed by atoms with Crippen molar-refractivity contribution < 1.29 is 23.9 Å². The summed E-state index contributed by atoms with van der Waals surface area (Å²) in [5.74, 6) is -2.76. The van der Waals surface area contributed by atoms with E-state index in [0.29, 0.717) is 0 Å². The highest BCUT2D eigenvalue weighted by Crippen LogP contribution is 2.30. The summed E-state index contributed by atoms with van der Waals surface area (Å²) >= 11 is 0. The topological polar surface area (TPSA) is 77.9 Å². The number of aliphatic hydroxyl groups excluding tert-OH is 1. The first-order chi connectivity index (χ1) is 9.93. The monoisotopic (exact) mass is 292 g/mol. The first kappa shape index (κ1) is 13.7. The smallest absolute Gasteiger partial charge is 0.265 e. The van der Waals surface area contributed by atoms with Gasteiger partial charge in [-0.25, -0.2) is 4.39 Å². The number of carbonyl (C=O) groups excluding carboxylic acids is 3. The van der Waals surface area contributed by atoms with E-state index in [9.17, 15) is 23.9 Å². The van der Waals surface area contributed by atoms with Gasteiger partial charge in [0, 0.05) is 7.05 Å². The average molecular weight is 292 g/mol. The highest BCUT2D eigenvalue weighted by atomic mass is 19.1. The van der Waals surface area contributed by atoms with Crippen LogP contribution in [0.5, 0.6) is 0 Å². The molecule has 2 unspecified atom stereocenters. The molecule has 0 spiro atoms. The second kappa shape index (κ2) is 4.63. The standard InChI is InChI=1S/C14H13FN2O4/c1-16-10(18)6-5-9(13(16)20)17-12(19)7-3-2-4-8(15)11(7)14(17)21/h2-4,9-10,18H,5-6H2,1H3. The Kier molecular flexibility index (Phi) is 3.02. The lowest BCUT2D eigenvalue weighted by molar-refractivity contribution is -0.149. The quantitative estimate of drug-likeness (QED) is 0.758. The molecule has 0 saturated carbocycles. The van der Waals surface area contributed by atoms with Crippen molar-refractivity contribution in [2.24, 2.45) is 0 Å². The van der Waals surface area contributed by atoms with Gasteiger partial charge in [-0.3, -0.25) is 19.3 Å². The fourth-order valence-corrected chi connectivity index (χ4v) is 2.79. The van der Waals surface area contributed by atoms with E-state index in [1.807, 2.05) is 0 Å². The second-order valence-electron chi connectivity index (χ2n) is 5.17. The lowest BCUT2D eigenvalue weighted by atomic mass is 10.0. The number of halogens is 1. The number of amides is 3. The van der Waals surface area contributed by atoms with Crippen LogP contribution in [0.1, 0.15) is 33.6 Å².